The van der Waals surface area contributed by atoms with Gasteiger partial charge in [-0.2, -0.15) is 0 Å². The number of aryl methyl sites for hydroxylation is 2. The van der Waals surface area contributed by atoms with Gasteiger partial charge in [-0.1, -0.05) is 6.07 Å². The third-order valence-electron chi connectivity index (χ3n) is 5.10. The van der Waals surface area contributed by atoms with E-state index in [1.54, 1.807) is 30.3 Å². The van der Waals surface area contributed by atoms with Gasteiger partial charge in [0.2, 0.25) is 15.9 Å². The summed E-state index contributed by atoms with van der Waals surface area (Å²) in [6, 6.07) is 10.5. The Hall–Kier alpha value is -2.58. The Labute approximate surface area is 170 Å². The monoisotopic (exact) mass is 416 g/mol. The van der Waals surface area contributed by atoms with Gasteiger partial charge in [0, 0.05) is 24.7 Å². The average Bonchev–Trinajstić information content (AvgIpc) is 2.73. The quantitative estimate of drug-likeness (QED) is 0.755. The van der Waals surface area contributed by atoms with Crippen molar-refractivity contribution in [3.05, 3.63) is 47.5 Å². The Balaban J connectivity index is 1.31. The molecule has 154 valence electrons. The number of benzene rings is 2. The van der Waals surface area contributed by atoms with Crippen LogP contribution in [0.3, 0.4) is 0 Å². The van der Waals surface area contributed by atoms with Crippen molar-refractivity contribution in [3.8, 4) is 11.5 Å². The van der Waals surface area contributed by atoms with Gasteiger partial charge >= 0.3 is 0 Å². The molecule has 0 spiro atoms. The van der Waals surface area contributed by atoms with Crippen LogP contribution in [0.15, 0.2) is 41.3 Å². The lowest BCUT2D eigenvalue weighted by atomic mass is 9.92. The van der Waals surface area contributed by atoms with Crippen molar-refractivity contribution in [1.29, 1.82) is 0 Å². The standard InChI is InChI=1S/C21H24N2O5S/c24-21(23-17-6-8-19-20(14-17)28-12-11-27-19)9-10-22-29(25,26)18-7-5-15-3-1-2-4-16(15)13-18/h5-8,13-14,22H,1-4,9-12H2,(H,23,24). The second-order valence-electron chi connectivity index (χ2n) is 7.19. The predicted molar refractivity (Wildman–Crippen MR) is 109 cm³/mol. The van der Waals surface area contributed by atoms with Crippen LogP contribution in [0.25, 0.3) is 0 Å². The van der Waals surface area contributed by atoms with E-state index in [4.69, 9.17) is 9.47 Å². The summed E-state index contributed by atoms with van der Waals surface area (Å²) in [6.07, 6.45) is 4.18. The van der Waals surface area contributed by atoms with Crippen LogP contribution in [0.4, 0.5) is 5.69 Å². The summed E-state index contributed by atoms with van der Waals surface area (Å²) in [7, 11) is -3.64. The van der Waals surface area contributed by atoms with E-state index in [-0.39, 0.29) is 23.8 Å². The maximum absolute atomic E-state index is 12.5. The van der Waals surface area contributed by atoms with Crippen LogP contribution in [0, 0.1) is 0 Å². The molecule has 0 unspecified atom stereocenters. The second-order valence-corrected chi connectivity index (χ2v) is 8.96. The van der Waals surface area contributed by atoms with E-state index in [1.165, 1.54) is 5.56 Å². The van der Waals surface area contributed by atoms with Crippen molar-refractivity contribution in [2.45, 2.75) is 37.0 Å². The molecule has 29 heavy (non-hydrogen) atoms. The van der Waals surface area contributed by atoms with E-state index >= 15 is 0 Å². The zero-order chi connectivity index (χ0) is 20.3. The summed E-state index contributed by atoms with van der Waals surface area (Å²) in [4.78, 5) is 12.4. The summed E-state index contributed by atoms with van der Waals surface area (Å²) in [6.45, 7) is 0.994. The molecule has 1 amide bonds. The largest absolute Gasteiger partial charge is 0.486 e. The van der Waals surface area contributed by atoms with Crippen LogP contribution in [0.2, 0.25) is 0 Å². The molecule has 0 atom stereocenters. The molecule has 0 radical (unpaired) electrons. The van der Waals surface area contributed by atoms with Crippen LogP contribution >= 0.6 is 0 Å². The Bertz CT molecular complexity index is 1020. The molecule has 0 saturated carbocycles. The second kappa shape index (κ2) is 8.42. The number of anilines is 1. The molecule has 1 heterocycles. The Kier molecular flexibility index (Phi) is 5.73. The zero-order valence-electron chi connectivity index (χ0n) is 16.1. The third kappa shape index (κ3) is 4.71. The minimum atomic E-state index is -3.64. The summed E-state index contributed by atoms with van der Waals surface area (Å²) >= 11 is 0. The number of nitrogens with one attached hydrogen (secondary N) is 2. The third-order valence-corrected chi connectivity index (χ3v) is 6.56. The molecule has 1 aliphatic heterocycles. The smallest absolute Gasteiger partial charge is 0.240 e. The number of sulfonamides is 1. The highest BCUT2D eigenvalue weighted by Gasteiger charge is 2.18. The van der Waals surface area contributed by atoms with E-state index < -0.39 is 10.0 Å². The first-order valence-electron chi connectivity index (χ1n) is 9.82. The van der Waals surface area contributed by atoms with Crippen LogP contribution < -0.4 is 19.5 Å². The van der Waals surface area contributed by atoms with E-state index in [1.807, 2.05) is 6.07 Å². The average molecular weight is 416 g/mol. The summed E-state index contributed by atoms with van der Waals surface area (Å²) in [5, 5.41) is 2.75. The van der Waals surface area contributed by atoms with Crippen molar-refractivity contribution in [3.63, 3.8) is 0 Å². The molecule has 2 aliphatic rings. The normalized spacial score (nSPS) is 15.4. The topological polar surface area (TPSA) is 93.7 Å². The molecular formula is C21H24N2O5S. The lowest BCUT2D eigenvalue weighted by Gasteiger charge is -2.19. The van der Waals surface area contributed by atoms with E-state index in [0.717, 1.165) is 31.2 Å². The highest BCUT2D eigenvalue weighted by atomic mass is 32.2. The molecule has 0 fully saturated rings. The van der Waals surface area contributed by atoms with Crippen LogP contribution in [-0.2, 0) is 27.7 Å². The summed E-state index contributed by atoms with van der Waals surface area (Å²) in [5.74, 6) is 0.948. The van der Waals surface area contributed by atoms with Crippen molar-refractivity contribution >= 4 is 21.6 Å². The highest BCUT2D eigenvalue weighted by molar-refractivity contribution is 7.89. The van der Waals surface area contributed by atoms with E-state index in [9.17, 15) is 13.2 Å². The number of carbonyl (C=O) groups excluding carboxylic acids is 1. The molecule has 4 rings (SSSR count). The predicted octanol–water partition coefficient (Wildman–Crippen LogP) is 2.64. The van der Waals surface area contributed by atoms with Crippen LogP contribution in [0.1, 0.15) is 30.4 Å². The minimum Gasteiger partial charge on any atom is -0.486 e. The van der Waals surface area contributed by atoms with Gasteiger partial charge in [-0.15, -0.1) is 0 Å². The maximum Gasteiger partial charge on any atom is 0.240 e. The van der Waals surface area contributed by atoms with Gasteiger partial charge in [-0.05, 0) is 61.1 Å². The molecule has 0 aromatic heterocycles. The molecule has 0 bridgehead atoms. The molecule has 2 aromatic carbocycles. The Morgan fingerprint density at radius 1 is 0.931 bits per heavy atom. The SMILES string of the molecule is O=C(CCNS(=O)(=O)c1ccc2c(c1)CCCC2)Nc1ccc2c(c1)OCCO2. The van der Waals surface area contributed by atoms with Crippen molar-refractivity contribution in [2.75, 3.05) is 25.1 Å². The van der Waals surface area contributed by atoms with Crippen LogP contribution in [0.5, 0.6) is 11.5 Å². The highest BCUT2D eigenvalue weighted by Crippen LogP contribution is 2.32. The fraction of sp³-hybridized carbons (Fsp3) is 0.381. The van der Waals surface area contributed by atoms with Crippen molar-refractivity contribution < 1.29 is 22.7 Å². The number of amides is 1. The summed E-state index contributed by atoms with van der Waals surface area (Å²) < 4.78 is 38.5. The maximum atomic E-state index is 12.5. The first kappa shape index (κ1) is 19.7. The molecule has 0 saturated heterocycles. The summed E-state index contributed by atoms with van der Waals surface area (Å²) in [5.41, 5.74) is 2.92. The first-order chi connectivity index (χ1) is 14.0. The van der Waals surface area contributed by atoms with E-state index in [0.29, 0.717) is 30.4 Å². The minimum absolute atomic E-state index is 0.0236. The molecule has 1 aliphatic carbocycles. The first-order valence-corrected chi connectivity index (χ1v) is 11.3. The fourth-order valence-corrected chi connectivity index (χ4v) is 4.69. The lowest BCUT2D eigenvalue weighted by molar-refractivity contribution is -0.116. The Morgan fingerprint density at radius 2 is 1.69 bits per heavy atom. The number of carbonyl (C=O) groups is 1. The fourth-order valence-electron chi connectivity index (χ4n) is 3.60. The molecule has 7 nitrogen and oxygen atoms in total. The van der Waals surface area contributed by atoms with E-state index in [2.05, 4.69) is 10.0 Å². The lowest BCUT2D eigenvalue weighted by Crippen LogP contribution is -2.28. The van der Waals surface area contributed by atoms with Gasteiger partial charge in [-0.3, -0.25) is 4.79 Å². The van der Waals surface area contributed by atoms with Gasteiger partial charge < -0.3 is 14.8 Å². The van der Waals surface area contributed by atoms with Crippen LogP contribution in [-0.4, -0.2) is 34.1 Å². The molecular weight excluding hydrogens is 392 g/mol. The number of ether oxygens (including phenoxy) is 2. The Morgan fingerprint density at radius 3 is 2.52 bits per heavy atom. The van der Waals surface area contributed by atoms with Gasteiger partial charge in [-0.25, -0.2) is 13.1 Å². The van der Waals surface area contributed by atoms with Crippen molar-refractivity contribution in [1.82, 2.24) is 4.72 Å². The zero-order valence-corrected chi connectivity index (χ0v) is 16.9. The molecule has 8 heteroatoms. The number of hydrogen-bond donors (Lipinski definition) is 2. The molecule has 2 N–H and O–H groups in total. The molecule has 2 aromatic rings. The van der Waals surface area contributed by atoms with Gasteiger partial charge in [0.05, 0.1) is 4.90 Å². The number of rotatable bonds is 6. The van der Waals surface area contributed by atoms with Gasteiger partial charge in [0.25, 0.3) is 0 Å². The van der Waals surface area contributed by atoms with Crippen molar-refractivity contribution in [2.24, 2.45) is 0 Å². The number of hydrogen-bond acceptors (Lipinski definition) is 5. The van der Waals surface area contributed by atoms with Gasteiger partial charge in [0.15, 0.2) is 11.5 Å². The van der Waals surface area contributed by atoms with Gasteiger partial charge in [0.1, 0.15) is 13.2 Å². The number of fused-ring (bicyclic) bond motifs is 2.